The average Bonchev–Trinajstić information content (AvgIpc) is 2.29. The third kappa shape index (κ3) is 2.73. The summed E-state index contributed by atoms with van der Waals surface area (Å²) in [5.41, 5.74) is 8.06. The largest absolute Gasteiger partial charge is 0.368 e. The Labute approximate surface area is 94.8 Å². The van der Waals surface area contributed by atoms with E-state index in [0.717, 1.165) is 5.82 Å². The molecule has 0 bridgehead atoms. The highest BCUT2D eigenvalue weighted by Gasteiger charge is 2.14. The standard InChI is InChI=1S/C10H18N6/c11-10-14-8(6-9(15-10)16-12)13-7-4-2-1-3-5-7/h6-7H,1-5,12H2,(H4,11,13,14,15,16). The molecule has 0 saturated heterocycles. The summed E-state index contributed by atoms with van der Waals surface area (Å²) in [6, 6.07) is 2.26. The predicted molar refractivity (Wildman–Crippen MR) is 64.8 cm³/mol. The van der Waals surface area contributed by atoms with Gasteiger partial charge in [0.2, 0.25) is 5.95 Å². The molecule has 0 radical (unpaired) electrons. The summed E-state index contributed by atoms with van der Waals surface area (Å²) in [6.45, 7) is 0. The van der Waals surface area contributed by atoms with Crippen molar-refractivity contribution in [1.82, 2.24) is 9.97 Å². The van der Waals surface area contributed by atoms with Crippen LogP contribution < -0.4 is 22.3 Å². The van der Waals surface area contributed by atoms with Gasteiger partial charge in [-0.2, -0.15) is 9.97 Å². The fourth-order valence-corrected chi connectivity index (χ4v) is 2.07. The normalized spacial score (nSPS) is 17.1. The van der Waals surface area contributed by atoms with Gasteiger partial charge in [0.15, 0.2) is 0 Å². The molecule has 6 heteroatoms. The summed E-state index contributed by atoms with van der Waals surface area (Å²) in [6.07, 6.45) is 6.27. The Morgan fingerprint density at radius 3 is 2.50 bits per heavy atom. The molecule has 6 nitrogen and oxygen atoms in total. The van der Waals surface area contributed by atoms with Crippen molar-refractivity contribution in [2.24, 2.45) is 5.84 Å². The molecule has 88 valence electrons. The number of anilines is 3. The van der Waals surface area contributed by atoms with E-state index in [9.17, 15) is 0 Å². The lowest BCUT2D eigenvalue weighted by Gasteiger charge is -2.23. The average molecular weight is 222 g/mol. The van der Waals surface area contributed by atoms with Crippen molar-refractivity contribution in [1.29, 1.82) is 0 Å². The monoisotopic (exact) mass is 222 g/mol. The number of nitrogen functional groups attached to an aromatic ring is 2. The first kappa shape index (κ1) is 10.9. The third-order valence-corrected chi connectivity index (χ3v) is 2.85. The van der Waals surface area contributed by atoms with Crippen LogP contribution in [0.2, 0.25) is 0 Å². The molecular formula is C10H18N6. The van der Waals surface area contributed by atoms with Crippen molar-refractivity contribution in [2.75, 3.05) is 16.5 Å². The van der Waals surface area contributed by atoms with Crippen molar-refractivity contribution in [3.63, 3.8) is 0 Å². The highest BCUT2D eigenvalue weighted by molar-refractivity contribution is 5.50. The fraction of sp³-hybridized carbons (Fsp3) is 0.600. The molecule has 1 fully saturated rings. The molecule has 16 heavy (non-hydrogen) atoms. The molecule has 6 N–H and O–H groups in total. The lowest BCUT2D eigenvalue weighted by atomic mass is 9.95. The van der Waals surface area contributed by atoms with Crippen LogP contribution in [-0.4, -0.2) is 16.0 Å². The van der Waals surface area contributed by atoms with Gasteiger partial charge in [0.05, 0.1) is 0 Å². The molecule has 0 aromatic carbocycles. The van der Waals surface area contributed by atoms with Crippen LogP contribution >= 0.6 is 0 Å². The maximum Gasteiger partial charge on any atom is 0.223 e. The van der Waals surface area contributed by atoms with Gasteiger partial charge in [-0.05, 0) is 12.8 Å². The van der Waals surface area contributed by atoms with E-state index in [-0.39, 0.29) is 5.95 Å². The van der Waals surface area contributed by atoms with E-state index in [1.165, 1.54) is 32.1 Å². The summed E-state index contributed by atoms with van der Waals surface area (Å²) in [4.78, 5) is 8.07. The summed E-state index contributed by atoms with van der Waals surface area (Å²) in [5.74, 6) is 6.80. The van der Waals surface area contributed by atoms with Crippen LogP contribution in [0.25, 0.3) is 0 Å². The number of rotatable bonds is 3. The topological polar surface area (TPSA) is 102 Å². The lowest BCUT2D eigenvalue weighted by molar-refractivity contribution is 0.462. The number of nitrogens with two attached hydrogens (primary N) is 2. The predicted octanol–water partition coefficient (Wildman–Crippen LogP) is 1.09. The number of nitrogens with one attached hydrogen (secondary N) is 2. The molecule has 0 amide bonds. The van der Waals surface area contributed by atoms with Gasteiger partial charge in [-0.1, -0.05) is 19.3 Å². The van der Waals surface area contributed by atoms with Crippen LogP contribution in [0.4, 0.5) is 17.6 Å². The highest BCUT2D eigenvalue weighted by atomic mass is 15.3. The molecular weight excluding hydrogens is 204 g/mol. The SMILES string of the molecule is NNc1cc(NC2CCCCC2)nc(N)n1. The van der Waals surface area contributed by atoms with Gasteiger partial charge in [0.25, 0.3) is 0 Å². The minimum absolute atomic E-state index is 0.230. The second-order valence-electron chi connectivity index (χ2n) is 4.12. The van der Waals surface area contributed by atoms with E-state index in [1.54, 1.807) is 6.07 Å². The van der Waals surface area contributed by atoms with E-state index >= 15 is 0 Å². The summed E-state index contributed by atoms with van der Waals surface area (Å²) in [7, 11) is 0. The van der Waals surface area contributed by atoms with Crippen molar-refractivity contribution >= 4 is 17.6 Å². The quantitative estimate of drug-likeness (QED) is 0.451. The van der Waals surface area contributed by atoms with Gasteiger partial charge in [-0.3, -0.25) is 0 Å². The number of hydrogen-bond acceptors (Lipinski definition) is 6. The Hall–Kier alpha value is -1.56. The molecule has 1 aliphatic carbocycles. The van der Waals surface area contributed by atoms with Gasteiger partial charge in [-0.15, -0.1) is 0 Å². The first-order valence-corrected chi connectivity index (χ1v) is 5.65. The lowest BCUT2D eigenvalue weighted by Crippen LogP contribution is -2.23. The molecule has 0 spiro atoms. The van der Waals surface area contributed by atoms with Crippen LogP contribution in [0.3, 0.4) is 0 Å². The van der Waals surface area contributed by atoms with Crippen molar-refractivity contribution < 1.29 is 0 Å². The smallest absolute Gasteiger partial charge is 0.223 e. The first-order valence-electron chi connectivity index (χ1n) is 5.65. The number of nitrogens with zero attached hydrogens (tertiary/aromatic N) is 2. The Morgan fingerprint density at radius 1 is 1.12 bits per heavy atom. The second-order valence-corrected chi connectivity index (χ2v) is 4.12. The summed E-state index contributed by atoms with van der Waals surface area (Å²) < 4.78 is 0. The molecule has 1 aliphatic rings. The first-order chi connectivity index (χ1) is 7.78. The van der Waals surface area contributed by atoms with Crippen molar-refractivity contribution in [3.8, 4) is 0 Å². The van der Waals surface area contributed by atoms with Crippen LogP contribution in [0.15, 0.2) is 6.07 Å². The van der Waals surface area contributed by atoms with Crippen LogP contribution in [0, 0.1) is 0 Å². The van der Waals surface area contributed by atoms with Gasteiger partial charge < -0.3 is 16.5 Å². The fourth-order valence-electron chi connectivity index (χ4n) is 2.07. The van der Waals surface area contributed by atoms with E-state index in [2.05, 4.69) is 20.7 Å². The Morgan fingerprint density at radius 2 is 1.81 bits per heavy atom. The van der Waals surface area contributed by atoms with E-state index in [4.69, 9.17) is 11.6 Å². The highest BCUT2D eigenvalue weighted by Crippen LogP contribution is 2.21. The minimum atomic E-state index is 0.230. The molecule has 0 unspecified atom stereocenters. The van der Waals surface area contributed by atoms with Crippen LogP contribution in [0.1, 0.15) is 32.1 Å². The van der Waals surface area contributed by atoms with E-state index < -0.39 is 0 Å². The molecule has 1 aromatic heterocycles. The molecule has 1 heterocycles. The maximum absolute atomic E-state index is 5.58. The molecule has 0 atom stereocenters. The van der Waals surface area contributed by atoms with E-state index in [1.807, 2.05) is 0 Å². The van der Waals surface area contributed by atoms with Crippen molar-refractivity contribution in [3.05, 3.63) is 6.07 Å². The zero-order chi connectivity index (χ0) is 11.4. The maximum atomic E-state index is 5.58. The Balaban J connectivity index is 2.04. The third-order valence-electron chi connectivity index (χ3n) is 2.85. The van der Waals surface area contributed by atoms with Gasteiger partial charge in [0.1, 0.15) is 11.6 Å². The number of aromatic nitrogens is 2. The molecule has 1 aromatic rings. The molecule has 0 aliphatic heterocycles. The molecule has 1 saturated carbocycles. The zero-order valence-electron chi connectivity index (χ0n) is 9.24. The number of hydrazine groups is 1. The van der Waals surface area contributed by atoms with Gasteiger partial charge in [-0.25, -0.2) is 5.84 Å². The van der Waals surface area contributed by atoms with Gasteiger partial charge >= 0.3 is 0 Å². The Kier molecular flexibility index (Phi) is 3.40. The van der Waals surface area contributed by atoms with E-state index in [0.29, 0.717) is 11.9 Å². The van der Waals surface area contributed by atoms with Crippen LogP contribution in [-0.2, 0) is 0 Å². The van der Waals surface area contributed by atoms with Crippen molar-refractivity contribution in [2.45, 2.75) is 38.1 Å². The minimum Gasteiger partial charge on any atom is -0.368 e. The summed E-state index contributed by atoms with van der Waals surface area (Å²) >= 11 is 0. The summed E-state index contributed by atoms with van der Waals surface area (Å²) in [5, 5.41) is 3.37. The molecule has 2 rings (SSSR count). The van der Waals surface area contributed by atoms with Gasteiger partial charge in [0, 0.05) is 12.1 Å². The Bertz CT molecular complexity index is 347. The number of hydrogen-bond donors (Lipinski definition) is 4. The zero-order valence-corrected chi connectivity index (χ0v) is 9.24. The second kappa shape index (κ2) is 4.98. The van der Waals surface area contributed by atoms with Crippen LogP contribution in [0.5, 0.6) is 0 Å².